The second-order valence-corrected chi connectivity index (χ2v) is 8.43. The van der Waals surface area contributed by atoms with Crippen molar-refractivity contribution in [2.45, 2.75) is 64.7 Å². The van der Waals surface area contributed by atoms with Gasteiger partial charge in [-0.15, -0.1) is 0 Å². The van der Waals surface area contributed by atoms with Crippen LogP contribution in [0, 0.1) is 29.1 Å². The Balaban J connectivity index is 1.43. The fourth-order valence-electron chi connectivity index (χ4n) is 5.71. The van der Waals surface area contributed by atoms with E-state index in [9.17, 15) is 4.79 Å². The SMILES string of the molecule is CC(CN)CCCNC(=O)CC12CC3CC(CC(C3)C1)C2. The summed E-state index contributed by atoms with van der Waals surface area (Å²) in [5.74, 6) is 3.70. The van der Waals surface area contributed by atoms with Gasteiger partial charge in [-0.1, -0.05) is 6.92 Å². The predicted octanol–water partition coefficient (Wildman–Crippen LogP) is 3.08. The van der Waals surface area contributed by atoms with Gasteiger partial charge in [0.05, 0.1) is 0 Å². The van der Waals surface area contributed by atoms with E-state index in [0.29, 0.717) is 17.2 Å². The lowest BCUT2D eigenvalue weighted by Gasteiger charge is -2.56. The molecule has 1 atom stereocenters. The normalized spacial score (nSPS) is 38.5. The lowest BCUT2D eigenvalue weighted by atomic mass is 9.49. The van der Waals surface area contributed by atoms with Crippen molar-refractivity contribution in [2.24, 2.45) is 34.8 Å². The van der Waals surface area contributed by atoms with Crippen LogP contribution >= 0.6 is 0 Å². The Hall–Kier alpha value is -0.570. The van der Waals surface area contributed by atoms with Crippen LogP contribution in [-0.2, 0) is 4.79 Å². The fourth-order valence-corrected chi connectivity index (χ4v) is 5.71. The summed E-state index contributed by atoms with van der Waals surface area (Å²) in [6, 6.07) is 0. The van der Waals surface area contributed by atoms with Gasteiger partial charge in [0, 0.05) is 13.0 Å². The molecule has 0 saturated heterocycles. The van der Waals surface area contributed by atoms with E-state index in [2.05, 4.69) is 12.2 Å². The molecular formula is C18H32N2O. The van der Waals surface area contributed by atoms with Gasteiger partial charge in [0.2, 0.25) is 5.91 Å². The Morgan fingerprint density at radius 3 is 2.29 bits per heavy atom. The average Bonchev–Trinajstić information content (AvgIpc) is 2.41. The van der Waals surface area contributed by atoms with Crippen LogP contribution in [0.3, 0.4) is 0 Å². The summed E-state index contributed by atoms with van der Waals surface area (Å²) < 4.78 is 0. The van der Waals surface area contributed by atoms with E-state index < -0.39 is 0 Å². The van der Waals surface area contributed by atoms with Crippen LogP contribution in [0.4, 0.5) is 0 Å². The number of rotatable bonds is 7. The minimum absolute atomic E-state index is 0.303. The third-order valence-electron chi connectivity index (χ3n) is 6.30. The second-order valence-electron chi connectivity index (χ2n) is 8.43. The van der Waals surface area contributed by atoms with E-state index in [1.807, 2.05) is 0 Å². The zero-order valence-corrected chi connectivity index (χ0v) is 13.6. The Bertz CT molecular complexity index is 344. The van der Waals surface area contributed by atoms with Crippen LogP contribution in [0.2, 0.25) is 0 Å². The maximum Gasteiger partial charge on any atom is 0.220 e. The molecule has 21 heavy (non-hydrogen) atoms. The van der Waals surface area contributed by atoms with E-state index in [0.717, 1.165) is 50.1 Å². The smallest absolute Gasteiger partial charge is 0.220 e. The summed E-state index contributed by atoms with van der Waals surface area (Å²) in [6.45, 7) is 3.76. The van der Waals surface area contributed by atoms with Gasteiger partial charge in [-0.2, -0.15) is 0 Å². The summed E-state index contributed by atoms with van der Waals surface area (Å²) in [7, 11) is 0. The Labute approximate surface area is 129 Å². The topological polar surface area (TPSA) is 55.1 Å². The molecule has 120 valence electrons. The summed E-state index contributed by atoms with van der Waals surface area (Å²) in [5, 5.41) is 3.16. The van der Waals surface area contributed by atoms with E-state index >= 15 is 0 Å². The van der Waals surface area contributed by atoms with Crippen LogP contribution in [0.25, 0.3) is 0 Å². The van der Waals surface area contributed by atoms with Crippen LogP contribution < -0.4 is 11.1 Å². The van der Waals surface area contributed by atoms with Crippen LogP contribution in [0.15, 0.2) is 0 Å². The van der Waals surface area contributed by atoms with Gasteiger partial charge >= 0.3 is 0 Å². The van der Waals surface area contributed by atoms with Crippen molar-refractivity contribution in [2.75, 3.05) is 13.1 Å². The lowest BCUT2D eigenvalue weighted by Crippen LogP contribution is -2.48. The Kier molecular flexibility index (Phi) is 4.58. The number of nitrogens with one attached hydrogen (secondary N) is 1. The molecule has 0 radical (unpaired) electrons. The van der Waals surface area contributed by atoms with Gasteiger partial charge in [-0.3, -0.25) is 4.79 Å². The zero-order valence-electron chi connectivity index (χ0n) is 13.6. The molecule has 0 heterocycles. The van der Waals surface area contributed by atoms with Gasteiger partial charge in [0.25, 0.3) is 0 Å². The first-order valence-corrected chi connectivity index (χ1v) is 9.05. The van der Waals surface area contributed by atoms with E-state index in [1.54, 1.807) is 0 Å². The number of amides is 1. The van der Waals surface area contributed by atoms with Gasteiger partial charge in [0.15, 0.2) is 0 Å². The van der Waals surface area contributed by atoms with Crippen molar-refractivity contribution in [1.82, 2.24) is 5.32 Å². The molecule has 0 aliphatic heterocycles. The van der Waals surface area contributed by atoms with Crippen molar-refractivity contribution in [1.29, 1.82) is 0 Å². The first-order chi connectivity index (χ1) is 10.1. The zero-order chi connectivity index (χ0) is 14.9. The molecule has 0 spiro atoms. The molecule has 3 heteroatoms. The van der Waals surface area contributed by atoms with Crippen LogP contribution in [0.5, 0.6) is 0 Å². The Morgan fingerprint density at radius 1 is 1.19 bits per heavy atom. The highest BCUT2D eigenvalue weighted by atomic mass is 16.1. The largest absolute Gasteiger partial charge is 0.356 e. The van der Waals surface area contributed by atoms with Crippen LogP contribution in [-0.4, -0.2) is 19.0 Å². The highest BCUT2D eigenvalue weighted by Gasteiger charge is 2.51. The number of hydrogen-bond donors (Lipinski definition) is 2. The third-order valence-corrected chi connectivity index (χ3v) is 6.30. The Morgan fingerprint density at radius 2 is 1.76 bits per heavy atom. The first kappa shape index (κ1) is 15.3. The van der Waals surface area contributed by atoms with Crippen molar-refractivity contribution >= 4 is 5.91 Å². The van der Waals surface area contributed by atoms with Gasteiger partial charge in [-0.05, 0) is 87.0 Å². The molecular weight excluding hydrogens is 260 g/mol. The van der Waals surface area contributed by atoms with Gasteiger partial charge in [0.1, 0.15) is 0 Å². The van der Waals surface area contributed by atoms with Crippen LogP contribution in [0.1, 0.15) is 64.7 Å². The number of hydrogen-bond acceptors (Lipinski definition) is 2. The summed E-state index contributed by atoms with van der Waals surface area (Å²) in [5.41, 5.74) is 6.00. The monoisotopic (exact) mass is 292 g/mol. The van der Waals surface area contributed by atoms with Gasteiger partial charge in [-0.25, -0.2) is 0 Å². The molecule has 4 aliphatic rings. The third kappa shape index (κ3) is 3.61. The predicted molar refractivity (Wildman–Crippen MR) is 85.7 cm³/mol. The summed E-state index contributed by atoms with van der Waals surface area (Å²) in [6.07, 6.45) is 11.3. The average molecular weight is 292 g/mol. The minimum Gasteiger partial charge on any atom is -0.356 e. The molecule has 4 fully saturated rings. The van der Waals surface area contributed by atoms with Crippen molar-refractivity contribution in [3.63, 3.8) is 0 Å². The van der Waals surface area contributed by atoms with E-state index in [-0.39, 0.29) is 0 Å². The molecule has 3 nitrogen and oxygen atoms in total. The fraction of sp³-hybridized carbons (Fsp3) is 0.944. The molecule has 1 unspecified atom stereocenters. The highest BCUT2D eigenvalue weighted by Crippen LogP contribution is 2.61. The number of carbonyl (C=O) groups excluding carboxylic acids is 1. The van der Waals surface area contributed by atoms with Crippen molar-refractivity contribution in [3.8, 4) is 0 Å². The second kappa shape index (κ2) is 6.28. The molecule has 4 bridgehead atoms. The molecule has 0 aromatic rings. The van der Waals surface area contributed by atoms with E-state index in [1.165, 1.54) is 38.5 Å². The molecule has 0 aromatic heterocycles. The number of nitrogens with two attached hydrogens (primary N) is 1. The highest BCUT2D eigenvalue weighted by molar-refractivity contribution is 5.76. The number of carbonyl (C=O) groups is 1. The molecule has 4 rings (SSSR count). The maximum atomic E-state index is 12.3. The quantitative estimate of drug-likeness (QED) is 0.709. The minimum atomic E-state index is 0.303. The van der Waals surface area contributed by atoms with Gasteiger partial charge < -0.3 is 11.1 Å². The first-order valence-electron chi connectivity index (χ1n) is 9.05. The lowest BCUT2D eigenvalue weighted by molar-refractivity contribution is -0.129. The molecule has 1 amide bonds. The molecule has 4 saturated carbocycles. The van der Waals surface area contributed by atoms with Crippen molar-refractivity contribution in [3.05, 3.63) is 0 Å². The molecule has 4 aliphatic carbocycles. The summed E-state index contributed by atoms with van der Waals surface area (Å²) in [4.78, 5) is 12.3. The summed E-state index contributed by atoms with van der Waals surface area (Å²) >= 11 is 0. The van der Waals surface area contributed by atoms with Crippen molar-refractivity contribution < 1.29 is 4.79 Å². The van der Waals surface area contributed by atoms with E-state index in [4.69, 9.17) is 5.73 Å². The standard InChI is InChI=1S/C18H32N2O/c1-13(12-19)3-2-4-20-17(21)11-18-8-14-5-15(9-18)7-16(6-14)10-18/h13-16H,2-12,19H2,1H3,(H,20,21). The molecule has 0 aromatic carbocycles. The molecule has 3 N–H and O–H groups in total. The maximum absolute atomic E-state index is 12.3.